The molecule has 1 saturated heterocycles. The van der Waals surface area contributed by atoms with Crippen LogP contribution in [0.5, 0.6) is 0 Å². The number of piperazine rings is 1. The van der Waals surface area contributed by atoms with Crippen molar-refractivity contribution in [3.05, 3.63) is 39.9 Å². The highest BCUT2D eigenvalue weighted by molar-refractivity contribution is 5.36. The van der Waals surface area contributed by atoms with E-state index in [-0.39, 0.29) is 10.6 Å². The first-order valence-corrected chi connectivity index (χ1v) is 8.45. The van der Waals surface area contributed by atoms with Crippen molar-refractivity contribution in [2.45, 2.75) is 38.1 Å². The molecule has 0 bridgehead atoms. The van der Waals surface area contributed by atoms with Crippen molar-refractivity contribution < 1.29 is 4.92 Å². The second kappa shape index (κ2) is 7.20. The molecule has 5 nitrogen and oxygen atoms in total. The normalized spacial score (nSPS) is 22.4. The predicted octanol–water partition coefficient (Wildman–Crippen LogP) is 3.12. The van der Waals surface area contributed by atoms with E-state index < -0.39 is 0 Å². The zero-order valence-electron chi connectivity index (χ0n) is 13.0. The lowest BCUT2D eigenvalue weighted by atomic mass is 9.80. The van der Waals surface area contributed by atoms with Gasteiger partial charge in [-0.05, 0) is 24.3 Å². The molecule has 0 unspecified atom stereocenters. The molecule has 1 aromatic rings. The van der Waals surface area contributed by atoms with Crippen LogP contribution in [0.2, 0.25) is 0 Å². The summed E-state index contributed by atoms with van der Waals surface area (Å²) in [5, 5.41) is 14.5. The Morgan fingerprint density at radius 1 is 1.18 bits per heavy atom. The Bertz CT molecular complexity index is 490. The van der Waals surface area contributed by atoms with Crippen molar-refractivity contribution >= 4 is 5.69 Å². The second-order valence-corrected chi connectivity index (χ2v) is 6.48. The first-order chi connectivity index (χ1) is 10.8. The average molecular weight is 303 g/mol. The molecular formula is C17H25N3O2. The molecule has 1 atom stereocenters. The van der Waals surface area contributed by atoms with E-state index in [9.17, 15) is 10.1 Å². The van der Waals surface area contributed by atoms with Gasteiger partial charge in [0.2, 0.25) is 0 Å². The zero-order chi connectivity index (χ0) is 15.4. The van der Waals surface area contributed by atoms with Gasteiger partial charge >= 0.3 is 0 Å². The monoisotopic (exact) mass is 303 g/mol. The highest BCUT2D eigenvalue weighted by Crippen LogP contribution is 2.39. The van der Waals surface area contributed by atoms with Crippen molar-refractivity contribution in [2.75, 3.05) is 26.2 Å². The molecule has 1 saturated carbocycles. The van der Waals surface area contributed by atoms with Crippen molar-refractivity contribution in [3.8, 4) is 0 Å². The molecule has 120 valence electrons. The Morgan fingerprint density at radius 3 is 2.59 bits per heavy atom. The van der Waals surface area contributed by atoms with E-state index in [1.54, 1.807) is 12.1 Å². The van der Waals surface area contributed by atoms with Gasteiger partial charge in [0.05, 0.1) is 4.92 Å². The van der Waals surface area contributed by atoms with Crippen LogP contribution in [0.3, 0.4) is 0 Å². The van der Waals surface area contributed by atoms with Gasteiger partial charge in [-0.3, -0.25) is 15.0 Å². The Morgan fingerprint density at radius 2 is 1.91 bits per heavy atom. The summed E-state index contributed by atoms with van der Waals surface area (Å²) in [6.45, 7) is 4.09. The van der Waals surface area contributed by atoms with Gasteiger partial charge in [0.1, 0.15) is 0 Å². The van der Waals surface area contributed by atoms with Gasteiger partial charge in [0.15, 0.2) is 0 Å². The van der Waals surface area contributed by atoms with Crippen molar-refractivity contribution in [1.82, 2.24) is 10.2 Å². The molecular weight excluding hydrogens is 278 g/mol. The highest BCUT2D eigenvalue weighted by atomic mass is 16.6. The molecule has 1 N–H and O–H groups in total. The van der Waals surface area contributed by atoms with Gasteiger partial charge in [-0.25, -0.2) is 0 Å². The Balaban J connectivity index is 1.89. The van der Waals surface area contributed by atoms with E-state index in [0.29, 0.717) is 12.0 Å². The molecule has 22 heavy (non-hydrogen) atoms. The summed E-state index contributed by atoms with van der Waals surface area (Å²) in [4.78, 5) is 13.4. The van der Waals surface area contributed by atoms with Crippen LogP contribution >= 0.6 is 0 Å². The molecule has 0 aromatic heterocycles. The van der Waals surface area contributed by atoms with Crippen molar-refractivity contribution in [1.29, 1.82) is 0 Å². The molecule has 0 radical (unpaired) electrons. The van der Waals surface area contributed by atoms with E-state index in [4.69, 9.17) is 0 Å². The van der Waals surface area contributed by atoms with E-state index >= 15 is 0 Å². The summed E-state index contributed by atoms with van der Waals surface area (Å²) < 4.78 is 0. The Hall–Kier alpha value is -1.46. The second-order valence-electron chi connectivity index (χ2n) is 6.48. The molecule has 3 rings (SSSR count). The number of benzene rings is 1. The summed E-state index contributed by atoms with van der Waals surface area (Å²) in [7, 11) is 0. The van der Waals surface area contributed by atoms with Gasteiger partial charge in [-0.1, -0.05) is 31.4 Å². The number of non-ortho nitro benzene ring substituents is 1. The Labute approximate surface area is 131 Å². The fourth-order valence-corrected chi connectivity index (χ4v) is 4.01. The maximum Gasteiger partial charge on any atom is 0.269 e. The van der Waals surface area contributed by atoms with Crippen LogP contribution in [0.1, 0.15) is 43.7 Å². The molecule has 2 fully saturated rings. The molecule has 0 spiro atoms. The minimum Gasteiger partial charge on any atom is -0.314 e. The maximum atomic E-state index is 11.1. The predicted molar refractivity (Wildman–Crippen MR) is 86.9 cm³/mol. The fraction of sp³-hybridized carbons (Fsp3) is 0.647. The van der Waals surface area contributed by atoms with Crippen molar-refractivity contribution in [2.24, 2.45) is 5.92 Å². The highest BCUT2D eigenvalue weighted by Gasteiger charge is 2.31. The lowest BCUT2D eigenvalue weighted by Crippen LogP contribution is -2.47. The van der Waals surface area contributed by atoms with Gasteiger partial charge < -0.3 is 5.32 Å². The quantitative estimate of drug-likeness (QED) is 0.686. The van der Waals surface area contributed by atoms with Crippen LogP contribution in [0.15, 0.2) is 24.3 Å². The van der Waals surface area contributed by atoms with E-state index in [2.05, 4.69) is 16.3 Å². The summed E-state index contributed by atoms with van der Waals surface area (Å²) in [5.41, 5.74) is 1.34. The van der Waals surface area contributed by atoms with Crippen LogP contribution < -0.4 is 5.32 Å². The lowest BCUT2D eigenvalue weighted by Gasteiger charge is -2.41. The third-order valence-electron chi connectivity index (χ3n) is 5.06. The van der Waals surface area contributed by atoms with Crippen LogP contribution in [0.25, 0.3) is 0 Å². The van der Waals surface area contributed by atoms with Gasteiger partial charge in [-0.2, -0.15) is 0 Å². The molecule has 1 aliphatic heterocycles. The number of nitrogens with zero attached hydrogens (tertiary/aromatic N) is 2. The summed E-state index contributed by atoms with van der Waals surface area (Å²) in [6, 6.07) is 7.64. The van der Waals surface area contributed by atoms with Crippen LogP contribution in [0.4, 0.5) is 5.69 Å². The lowest BCUT2D eigenvalue weighted by molar-refractivity contribution is -0.385. The molecule has 2 aliphatic rings. The van der Waals surface area contributed by atoms with Crippen LogP contribution in [0, 0.1) is 16.0 Å². The minimum atomic E-state index is -0.279. The van der Waals surface area contributed by atoms with Gasteiger partial charge in [0, 0.05) is 44.4 Å². The number of nitro groups is 1. The van der Waals surface area contributed by atoms with Gasteiger partial charge in [0.25, 0.3) is 5.69 Å². The molecule has 1 heterocycles. The smallest absolute Gasteiger partial charge is 0.269 e. The summed E-state index contributed by atoms with van der Waals surface area (Å²) in [6.07, 6.45) is 6.42. The standard InChI is InChI=1S/C17H25N3O2/c21-20(22)16-8-4-7-15(13-16)17(14-5-2-1-3-6-14)19-11-9-18-10-12-19/h4,7-8,13-14,17-18H,1-3,5-6,9-12H2/t17-/m1/s1. The summed E-state index contributed by atoms with van der Waals surface area (Å²) >= 11 is 0. The van der Waals surface area contributed by atoms with Crippen LogP contribution in [-0.2, 0) is 0 Å². The number of hydrogen-bond acceptors (Lipinski definition) is 4. The van der Waals surface area contributed by atoms with Crippen LogP contribution in [-0.4, -0.2) is 36.0 Å². The fourth-order valence-electron chi connectivity index (χ4n) is 4.01. The topological polar surface area (TPSA) is 58.4 Å². The molecule has 1 aromatic carbocycles. The SMILES string of the molecule is O=[N+]([O-])c1cccc([C@@H](C2CCCCC2)N2CCNCC2)c1. The minimum absolute atomic E-state index is 0.216. The van der Waals surface area contributed by atoms with E-state index in [0.717, 1.165) is 31.7 Å². The third kappa shape index (κ3) is 3.47. The molecule has 5 heteroatoms. The first kappa shape index (κ1) is 15.4. The van der Waals surface area contributed by atoms with E-state index in [1.165, 1.54) is 32.1 Å². The van der Waals surface area contributed by atoms with Gasteiger partial charge in [-0.15, -0.1) is 0 Å². The van der Waals surface area contributed by atoms with E-state index in [1.807, 2.05) is 6.07 Å². The number of hydrogen-bond donors (Lipinski definition) is 1. The molecule has 1 aliphatic carbocycles. The largest absolute Gasteiger partial charge is 0.314 e. The number of nitro benzene ring substituents is 1. The number of nitrogens with one attached hydrogen (secondary N) is 1. The Kier molecular flexibility index (Phi) is 5.05. The maximum absolute atomic E-state index is 11.1. The summed E-state index contributed by atoms with van der Waals surface area (Å²) in [5.74, 6) is 0.633. The third-order valence-corrected chi connectivity index (χ3v) is 5.06. The molecule has 0 amide bonds. The first-order valence-electron chi connectivity index (χ1n) is 8.45. The average Bonchev–Trinajstić information content (AvgIpc) is 2.57. The number of rotatable bonds is 4. The van der Waals surface area contributed by atoms with Crippen molar-refractivity contribution in [3.63, 3.8) is 0 Å². The zero-order valence-corrected chi connectivity index (χ0v) is 13.0.